The maximum atomic E-state index is 12.6. The minimum Gasteiger partial charge on any atom is -0.456 e. The molecule has 0 atom stereocenters. The van der Waals surface area contributed by atoms with Crippen molar-refractivity contribution in [3.05, 3.63) is 75.5 Å². The first-order valence-electron chi connectivity index (χ1n) is 11.3. The van der Waals surface area contributed by atoms with Gasteiger partial charge < -0.3 is 4.42 Å². The van der Waals surface area contributed by atoms with Gasteiger partial charge in [0.25, 0.3) is 5.91 Å². The van der Waals surface area contributed by atoms with Gasteiger partial charge in [-0.05, 0) is 84.9 Å². The Labute approximate surface area is 190 Å². The van der Waals surface area contributed by atoms with Gasteiger partial charge in [-0.15, -0.1) is 0 Å². The number of benzene rings is 1. The number of furan rings is 1. The first-order valence-corrected chi connectivity index (χ1v) is 11.3. The van der Waals surface area contributed by atoms with Crippen molar-refractivity contribution in [1.29, 1.82) is 0 Å². The Morgan fingerprint density at radius 2 is 1.53 bits per heavy atom. The number of carbonyl (C=O) groups is 1. The van der Waals surface area contributed by atoms with Crippen LogP contribution < -0.4 is 5.32 Å². The number of anilines is 1. The van der Waals surface area contributed by atoms with Gasteiger partial charge in [0.15, 0.2) is 5.76 Å². The lowest BCUT2D eigenvalue weighted by molar-refractivity contribution is 0.0994. The zero-order valence-corrected chi connectivity index (χ0v) is 20.2. The third kappa shape index (κ3) is 4.34. The number of hydrogen-bond acceptors (Lipinski definition) is 4. The molecular formula is C27H33N3O2. The van der Waals surface area contributed by atoms with E-state index in [1.807, 2.05) is 26.0 Å². The Morgan fingerprint density at radius 1 is 0.938 bits per heavy atom. The topological polar surface area (TPSA) is 68.0 Å². The predicted octanol–water partition coefficient (Wildman–Crippen LogP) is 6.19. The molecular weight excluding hydrogens is 398 g/mol. The zero-order valence-electron chi connectivity index (χ0n) is 20.2. The van der Waals surface area contributed by atoms with E-state index >= 15 is 0 Å². The molecule has 0 spiro atoms. The van der Waals surface area contributed by atoms with E-state index in [1.165, 1.54) is 35.1 Å². The summed E-state index contributed by atoms with van der Waals surface area (Å²) in [6.45, 7) is 15.3. The Hall–Kier alpha value is -2.95. The number of aryl methyl sites for hydroxylation is 3. The minimum atomic E-state index is -0.341. The summed E-state index contributed by atoms with van der Waals surface area (Å²) >= 11 is 0. The third-order valence-corrected chi connectivity index (χ3v) is 6.77. The van der Waals surface area contributed by atoms with Gasteiger partial charge in [0.05, 0.1) is 0 Å². The molecule has 1 aliphatic carbocycles. The number of nitrogens with zero attached hydrogens (tertiary/aromatic N) is 2. The second-order valence-corrected chi connectivity index (χ2v) is 10.5. The molecule has 3 aromatic rings. The van der Waals surface area contributed by atoms with E-state index in [2.05, 4.69) is 62.0 Å². The van der Waals surface area contributed by atoms with E-state index in [9.17, 15) is 4.79 Å². The maximum Gasteiger partial charge on any atom is 0.293 e. The number of nitrogens with one attached hydrogen (secondary N) is 1. The van der Waals surface area contributed by atoms with Gasteiger partial charge in [-0.3, -0.25) is 10.1 Å². The first-order chi connectivity index (χ1) is 14.9. The summed E-state index contributed by atoms with van der Waals surface area (Å²) in [6.07, 6.45) is 3.04. The Kier molecular flexibility index (Phi) is 5.48. The molecule has 1 aliphatic rings. The number of hydrogen-bond donors (Lipinski definition) is 1. The number of carbonyl (C=O) groups excluding carboxylic acids is 1. The SMILES string of the molecule is Cc1cc(C)nc(NC(=O)c2ccc(Cc3cc4c(cc3C)C(C)(C)CCC4(C)C)o2)n1. The number of fused-ring (bicyclic) bond motifs is 1. The highest BCUT2D eigenvalue weighted by Gasteiger charge is 2.37. The highest BCUT2D eigenvalue weighted by molar-refractivity contribution is 6.01. The second kappa shape index (κ2) is 7.88. The van der Waals surface area contributed by atoms with Crippen LogP contribution in [0.3, 0.4) is 0 Å². The summed E-state index contributed by atoms with van der Waals surface area (Å²) in [7, 11) is 0. The highest BCUT2D eigenvalue weighted by atomic mass is 16.3. The fourth-order valence-corrected chi connectivity index (χ4v) is 4.69. The first kappa shape index (κ1) is 22.3. The van der Waals surface area contributed by atoms with E-state index in [0.717, 1.165) is 17.1 Å². The van der Waals surface area contributed by atoms with Gasteiger partial charge in [-0.25, -0.2) is 9.97 Å². The smallest absolute Gasteiger partial charge is 0.293 e. The lowest BCUT2D eigenvalue weighted by Gasteiger charge is -2.42. The quantitative estimate of drug-likeness (QED) is 0.535. The number of aromatic nitrogens is 2. The molecule has 1 aromatic carbocycles. The summed E-state index contributed by atoms with van der Waals surface area (Å²) in [5, 5.41) is 2.73. The van der Waals surface area contributed by atoms with Crippen molar-refractivity contribution in [2.24, 2.45) is 0 Å². The molecule has 168 valence electrons. The van der Waals surface area contributed by atoms with E-state index in [4.69, 9.17) is 4.42 Å². The molecule has 5 nitrogen and oxygen atoms in total. The lowest BCUT2D eigenvalue weighted by Crippen LogP contribution is -2.34. The molecule has 0 bridgehead atoms. The second-order valence-electron chi connectivity index (χ2n) is 10.5. The molecule has 0 saturated carbocycles. The fourth-order valence-electron chi connectivity index (χ4n) is 4.69. The normalized spacial score (nSPS) is 16.5. The molecule has 1 amide bonds. The van der Waals surface area contributed by atoms with Crippen LogP contribution in [-0.4, -0.2) is 15.9 Å². The van der Waals surface area contributed by atoms with Crippen LogP contribution in [0.5, 0.6) is 0 Å². The van der Waals surface area contributed by atoms with Gasteiger partial charge in [0.1, 0.15) is 5.76 Å². The van der Waals surface area contributed by atoms with Crippen LogP contribution in [-0.2, 0) is 17.3 Å². The number of rotatable bonds is 4. The van der Waals surface area contributed by atoms with Crippen LogP contribution >= 0.6 is 0 Å². The van der Waals surface area contributed by atoms with Crippen molar-refractivity contribution in [3.8, 4) is 0 Å². The zero-order chi connectivity index (χ0) is 23.3. The Morgan fingerprint density at radius 3 is 2.16 bits per heavy atom. The predicted molar refractivity (Wildman–Crippen MR) is 127 cm³/mol. The molecule has 1 N–H and O–H groups in total. The molecule has 32 heavy (non-hydrogen) atoms. The van der Waals surface area contributed by atoms with Crippen LogP contribution in [0.25, 0.3) is 0 Å². The van der Waals surface area contributed by atoms with Gasteiger partial charge >= 0.3 is 0 Å². The van der Waals surface area contributed by atoms with Crippen molar-refractivity contribution >= 4 is 11.9 Å². The van der Waals surface area contributed by atoms with E-state index in [0.29, 0.717) is 12.4 Å². The minimum absolute atomic E-state index is 0.160. The summed E-state index contributed by atoms with van der Waals surface area (Å²) in [4.78, 5) is 21.2. The maximum absolute atomic E-state index is 12.6. The van der Waals surface area contributed by atoms with Crippen LogP contribution in [0.2, 0.25) is 0 Å². The highest BCUT2D eigenvalue weighted by Crippen LogP contribution is 2.46. The largest absolute Gasteiger partial charge is 0.456 e. The van der Waals surface area contributed by atoms with Crippen molar-refractivity contribution in [2.75, 3.05) is 5.32 Å². The van der Waals surface area contributed by atoms with Gasteiger partial charge in [0, 0.05) is 17.8 Å². The molecule has 4 rings (SSSR count). The Balaban J connectivity index is 1.57. The van der Waals surface area contributed by atoms with Crippen LogP contribution in [0.1, 0.15) is 90.5 Å². The van der Waals surface area contributed by atoms with Crippen LogP contribution in [0.15, 0.2) is 34.7 Å². The monoisotopic (exact) mass is 431 g/mol. The molecule has 2 aromatic heterocycles. The molecule has 0 unspecified atom stereocenters. The summed E-state index contributed by atoms with van der Waals surface area (Å²) in [6, 6.07) is 10.2. The van der Waals surface area contributed by atoms with Crippen LogP contribution in [0.4, 0.5) is 5.95 Å². The van der Waals surface area contributed by atoms with Gasteiger partial charge in [0.2, 0.25) is 5.95 Å². The average molecular weight is 432 g/mol. The Bertz CT molecular complexity index is 1170. The van der Waals surface area contributed by atoms with Crippen molar-refractivity contribution < 1.29 is 9.21 Å². The molecule has 5 heteroatoms. The van der Waals surface area contributed by atoms with Crippen molar-refractivity contribution in [2.45, 2.75) is 78.6 Å². The molecule has 0 saturated heterocycles. The van der Waals surface area contributed by atoms with E-state index in [-0.39, 0.29) is 22.5 Å². The lowest BCUT2D eigenvalue weighted by atomic mass is 9.62. The van der Waals surface area contributed by atoms with Gasteiger partial charge in [-0.1, -0.05) is 39.8 Å². The molecule has 0 aliphatic heterocycles. The van der Waals surface area contributed by atoms with E-state index in [1.54, 1.807) is 6.07 Å². The van der Waals surface area contributed by atoms with Crippen LogP contribution in [0, 0.1) is 20.8 Å². The van der Waals surface area contributed by atoms with Crippen molar-refractivity contribution in [3.63, 3.8) is 0 Å². The average Bonchev–Trinajstić information content (AvgIpc) is 3.15. The molecule has 0 fully saturated rings. The number of amides is 1. The summed E-state index contributed by atoms with van der Waals surface area (Å²) in [5.41, 5.74) is 7.37. The van der Waals surface area contributed by atoms with Crippen molar-refractivity contribution in [1.82, 2.24) is 9.97 Å². The van der Waals surface area contributed by atoms with Gasteiger partial charge in [-0.2, -0.15) is 0 Å². The third-order valence-electron chi connectivity index (χ3n) is 6.77. The summed E-state index contributed by atoms with van der Waals surface area (Å²) in [5.74, 6) is 0.986. The fraction of sp³-hybridized carbons (Fsp3) is 0.444. The van der Waals surface area contributed by atoms with E-state index < -0.39 is 0 Å². The summed E-state index contributed by atoms with van der Waals surface area (Å²) < 4.78 is 5.91. The molecule has 2 heterocycles. The molecule has 0 radical (unpaired) electrons. The standard InChI is InChI=1S/C27H33N3O2/c1-16-12-21-22(27(6,7)11-10-26(21,4)5)15-19(16)14-20-8-9-23(32-20)24(31)30-25-28-17(2)13-18(3)29-25/h8-9,12-13,15H,10-11,14H2,1-7H3,(H,28,29,30,31).